The van der Waals surface area contributed by atoms with Gasteiger partial charge in [0.2, 0.25) is 0 Å². The van der Waals surface area contributed by atoms with Crippen molar-refractivity contribution in [1.29, 1.82) is 0 Å². The molecule has 0 N–H and O–H groups in total. The summed E-state index contributed by atoms with van der Waals surface area (Å²) < 4.78 is 0. The van der Waals surface area contributed by atoms with Crippen LogP contribution in [0.4, 0.5) is 0 Å². The second kappa shape index (κ2) is 6.76. The van der Waals surface area contributed by atoms with Crippen molar-refractivity contribution in [2.45, 2.75) is 58.7 Å². The molecule has 0 aliphatic carbocycles. The normalized spacial score (nSPS) is 16.3. The molecular weight excluding hydrogens is 131 g/mol. The lowest BCUT2D eigenvalue weighted by Crippen LogP contribution is -2.07. The molecule has 0 aromatic heterocycles. The minimum absolute atomic E-state index is 0.937. The van der Waals surface area contributed by atoms with Crippen LogP contribution in [0.25, 0.3) is 0 Å². The van der Waals surface area contributed by atoms with Gasteiger partial charge < -0.3 is 0 Å². The molecule has 2 unspecified atom stereocenters. The highest BCUT2D eigenvalue weighted by molar-refractivity contribution is 6.11. The van der Waals surface area contributed by atoms with E-state index in [0.29, 0.717) is 0 Å². The molecule has 0 nitrogen and oxygen atoms in total. The topological polar surface area (TPSA) is 0 Å². The molecule has 0 heterocycles. The van der Waals surface area contributed by atoms with Gasteiger partial charge in [0, 0.05) is 0 Å². The summed E-state index contributed by atoms with van der Waals surface area (Å²) in [6.45, 7) is 6.91. The van der Waals surface area contributed by atoms with Crippen LogP contribution in [0.5, 0.6) is 0 Å². The van der Waals surface area contributed by atoms with Gasteiger partial charge in [-0.15, -0.1) is 0 Å². The van der Waals surface area contributed by atoms with E-state index in [1.165, 1.54) is 32.1 Å². The maximum atomic E-state index is 2.39. The van der Waals surface area contributed by atoms with E-state index in [4.69, 9.17) is 0 Å². The fourth-order valence-corrected chi connectivity index (χ4v) is 1.69. The fraction of sp³-hybridized carbons (Fsp3) is 1.00. The summed E-state index contributed by atoms with van der Waals surface area (Å²) >= 11 is 0. The third kappa shape index (κ3) is 4.50. The molecule has 0 rings (SSSR count). The molecule has 1 heteroatoms. The summed E-state index contributed by atoms with van der Waals surface area (Å²) in [5, 5.41) is 0. The van der Waals surface area contributed by atoms with Crippen molar-refractivity contribution in [3.05, 3.63) is 0 Å². The first-order valence-electron chi connectivity index (χ1n) is 5.26. The van der Waals surface area contributed by atoms with Crippen LogP contribution in [0.3, 0.4) is 0 Å². The van der Waals surface area contributed by atoms with Crippen LogP contribution in [0.2, 0.25) is 5.82 Å². The molecule has 66 valence electrons. The van der Waals surface area contributed by atoms with E-state index in [1.807, 2.05) is 0 Å². The molecule has 0 aromatic rings. The zero-order valence-electron chi connectivity index (χ0n) is 8.69. The van der Waals surface area contributed by atoms with E-state index in [1.54, 1.807) is 0 Å². The van der Waals surface area contributed by atoms with E-state index in [9.17, 15) is 0 Å². The van der Waals surface area contributed by atoms with Crippen LogP contribution in [-0.2, 0) is 0 Å². The van der Waals surface area contributed by atoms with Crippen molar-refractivity contribution < 1.29 is 0 Å². The van der Waals surface area contributed by atoms with Crippen molar-refractivity contribution in [1.82, 2.24) is 0 Å². The van der Waals surface area contributed by atoms with Crippen molar-refractivity contribution in [3.8, 4) is 0 Å². The Labute approximate surface area is 73.2 Å². The molecule has 0 amide bonds. The first-order valence-corrected chi connectivity index (χ1v) is 5.26. The highest BCUT2D eigenvalue weighted by Crippen LogP contribution is 2.26. The number of rotatable bonds is 6. The minimum Gasteiger partial charge on any atom is -0.0672 e. The second-order valence-corrected chi connectivity index (χ2v) is 3.70. The molecular formula is C10H23B. The minimum atomic E-state index is 0.937. The monoisotopic (exact) mass is 154 g/mol. The molecule has 11 heavy (non-hydrogen) atoms. The van der Waals surface area contributed by atoms with Crippen molar-refractivity contribution >= 4 is 7.85 Å². The zero-order valence-corrected chi connectivity index (χ0v) is 8.69. The van der Waals surface area contributed by atoms with E-state index >= 15 is 0 Å². The maximum absolute atomic E-state index is 2.39. The van der Waals surface area contributed by atoms with Crippen LogP contribution >= 0.6 is 0 Å². The lowest BCUT2D eigenvalue weighted by molar-refractivity contribution is 0.418. The Bertz CT molecular complexity index is 80.9. The Hall–Kier alpha value is 0.0649. The Morgan fingerprint density at radius 3 is 2.09 bits per heavy atom. The van der Waals surface area contributed by atoms with Crippen LogP contribution in [0.15, 0.2) is 0 Å². The van der Waals surface area contributed by atoms with Gasteiger partial charge in [0.1, 0.15) is 7.85 Å². The standard InChI is InChI=1S/C10H23B/c1-4-7-8-9(5-2)10(11)6-3/h9-10H,4-8,11H2,1-3H3. The van der Waals surface area contributed by atoms with Gasteiger partial charge in [0.05, 0.1) is 0 Å². The van der Waals surface area contributed by atoms with Gasteiger partial charge in [0.25, 0.3) is 0 Å². The zero-order chi connectivity index (χ0) is 8.69. The van der Waals surface area contributed by atoms with E-state index in [2.05, 4.69) is 28.6 Å². The summed E-state index contributed by atoms with van der Waals surface area (Å²) in [6.07, 6.45) is 6.94. The third-order valence-electron chi connectivity index (χ3n) is 2.90. The van der Waals surface area contributed by atoms with E-state index in [-0.39, 0.29) is 0 Å². The van der Waals surface area contributed by atoms with Crippen LogP contribution in [0.1, 0.15) is 52.9 Å². The molecule has 0 spiro atoms. The largest absolute Gasteiger partial charge is 0.105 e. The Kier molecular flexibility index (Phi) is 6.80. The lowest BCUT2D eigenvalue weighted by atomic mass is 9.72. The summed E-state index contributed by atoms with van der Waals surface area (Å²) in [4.78, 5) is 0. The van der Waals surface area contributed by atoms with Gasteiger partial charge in [-0.1, -0.05) is 58.7 Å². The van der Waals surface area contributed by atoms with Gasteiger partial charge in [-0.05, 0) is 5.92 Å². The Balaban J connectivity index is 3.56. The van der Waals surface area contributed by atoms with E-state index in [0.717, 1.165) is 11.7 Å². The van der Waals surface area contributed by atoms with Gasteiger partial charge >= 0.3 is 0 Å². The average molecular weight is 154 g/mol. The molecule has 0 saturated heterocycles. The summed E-state index contributed by atoms with van der Waals surface area (Å²) in [5.74, 6) is 1.92. The molecule has 0 bridgehead atoms. The molecule has 0 aromatic carbocycles. The number of unbranched alkanes of at least 4 members (excludes halogenated alkanes) is 1. The Morgan fingerprint density at radius 2 is 1.73 bits per heavy atom. The highest BCUT2D eigenvalue weighted by atomic mass is 14.1. The van der Waals surface area contributed by atoms with Crippen LogP contribution in [-0.4, -0.2) is 7.85 Å². The molecule has 0 saturated carbocycles. The molecule has 0 radical (unpaired) electrons. The van der Waals surface area contributed by atoms with Crippen LogP contribution in [0, 0.1) is 5.92 Å². The SMILES string of the molecule is BC(CC)C(CC)CCCC. The van der Waals surface area contributed by atoms with Gasteiger partial charge in [0.15, 0.2) is 0 Å². The molecule has 0 aliphatic rings. The fourth-order valence-electron chi connectivity index (χ4n) is 1.69. The Morgan fingerprint density at radius 1 is 1.09 bits per heavy atom. The quantitative estimate of drug-likeness (QED) is 0.516. The average Bonchev–Trinajstić information content (AvgIpc) is 2.05. The van der Waals surface area contributed by atoms with Crippen molar-refractivity contribution in [2.75, 3.05) is 0 Å². The lowest BCUT2D eigenvalue weighted by Gasteiger charge is -2.20. The molecule has 0 fully saturated rings. The van der Waals surface area contributed by atoms with Gasteiger partial charge in [-0.3, -0.25) is 0 Å². The third-order valence-corrected chi connectivity index (χ3v) is 2.90. The van der Waals surface area contributed by atoms with E-state index < -0.39 is 0 Å². The van der Waals surface area contributed by atoms with Gasteiger partial charge in [-0.25, -0.2) is 0 Å². The van der Waals surface area contributed by atoms with Crippen LogP contribution < -0.4 is 0 Å². The molecule has 0 aliphatic heterocycles. The summed E-state index contributed by atoms with van der Waals surface area (Å²) in [5.41, 5.74) is 0. The first kappa shape index (κ1) is 11.1. The summed E-state index contributed by atoms with van der Waals surface area (Å²) in [7, 11) is 2.39. The number of hydrogen-bond acceptors (Lipinski definition) is 0. The predicted molar refractivity (Wildman–Crippen MR) is 55.9 cm³/mol. The van der Waals surface area contributed by atoms with Crippen molar-refractivity contribution in [3.63, 3.8) is 0 Å². The highest BCUT2D eigenvalue weighted by Gasteiger charge is 2.12. The predicted octanol–water partition coefficient (Wildman–Crippen LogP) is 3.03. The smallest absolute Gasteiger partial charge is 0.0672 e. The summed E-state index contributed by atoms with van der Waals surface area (Å²) in [6, 6.07) is 0. The maximum Gasteiger partial charge on any atom is 0.105 e. The first-order chi connectivity index (χ1) is 5.26. The molecule has 2 atom stereocenters. The van der Waals surface area contributed by atoms with Gasteiger partial charge in [-0.2, -0.15) is 0 Å². The van der Waals surface area contributed by atoms with Crippen molar-refractivity contribution in [2.24, 2.45) is 5.92 Å². The number of hydrogen-bond donors (Lipinski definition) is 0. The second-order valence-electron chi connectivity index (χ2n) is 3.70.